The van der Waals surface area contributed by atoms with Gasteiger partial charge in [0.25, 0.3) is 0 Å². The Morgan fingerprint density at radius 2 is 2.04 bits per heavy atom. The largest absolute Gasteiger partial charge is 0.481 e. The summed E-state index contributed by atoms with van der Waals surface area (Å²) in [6.45, 7) is 1.76. The predicted octanol–water partition coefficient (Wildman–Crippen LogP) is 2.00. The summed E-state index contributed by atoms with van der Waals surface area (Å²) in [6, 6.07) is 1.89. The molecule has 0 unspecified atom stereocenters. The Hall–Kier alpha value is -1.76. The van der Waals surface area contributed by atoms with Crippen molar-refractivity contribution in [1.29, 1.82) is 0 Å². The Labute approximate surface area is 154 Å². The van der Waals surface area contributed by atoms with Crippen LogP contribution < -0.4 is 14.5 Å². The van der Waals surface area contributed by atoms with Gasteiger partial charge in [-0.2, -0.15) is 10.1 Å². The highest BCUT2D eigenvalue weighted by atomic mass is 31.2. The van der Waals surface area contributed by atoms with E-state index in [4.69, 9.17) is 19.5 Å². The second kappa shape index (κ2) is 8.29. The van der Waals surface area contributed by atoms with Gasteiger partial charge in [-0.25, -0.2) is 0 Å². The predicted molar refractivity (Wildman–Crippen MR) is 104 cm³/mol. The maximum atomic E-state index is 9.14. The third-order valence-electron chi connectivity index (χ3n) is 4.86. The maximum Gasteiger partial charge on any atom is 0.215 e. The first-order chi connectivity index (χ1) is 12.5. The lowest BCUT2D eigenvalue weighted by Crippen LogP contribution is -2.34. The molecule has 8 nitrogen and oxygen atoms in total. The molecule has 0 aromatic carbocycles. The number of hydrogen-bond acceptors (Lipinski definition) is 8. The molecule has 1 aliphatic rings. The van der Waals surface area contributed by atoms with Crippen LogP contribution in [0.4, 0.5) is 11.6 Å². The molecule has 26 heavy (non-hydrogen) atoms. The van der Waals surface area contributed by atoms with E-state index in [2.05, 4.69) is 15.1 Å². The van der Waals surface area contributed by atoms with E-state index in [0.717, 1.165) is 54.8 Å². The number of aromatic nitrogens is 3. The molecule has 1 aliphatic heterocycles. The van der Waals surface area contributed by atoms with Gasteiger partial charge in [-0.15, -0.1) is 5.10 Å². The summed E-state index contributed by atoms with van der Waals surface area (Å²) in [5, 5.41) is 10.3. The van der Waals surface area contributed by atoms with Crippen LogP contribution in [0.25, 0.3) is 10.8 Å². The number of rotatable bonds is 6. The van der Waals surface area contributed by atoms with Gasteiger partial charge in [-0.3, -0.25) is 0 Å². The highest BCUT2D eigenvalue weighted by molar-refractivity contribution is 7.45. The fourth-order valence-corrected chi connectivity index (χ4v) is 4.03. The lowest BCUT2D eigenvalue weighted by Gasteiger charge is -2.34. The van der Waals surface area contributed by atoms with Gasteiger partial charge in [0.15, 0.2) is 14.2 Å². The van der Waals surface area contributed by atoms with Gasteiger partial charge >= 0.3 is 0 Å². The van der Waals surface area contributed by atoms with E-state index in [1.54, 1.807) is 13.3 Å². The Kier molecular flexibility index (Phi) is 6.06. The first-order valence-electron chi connectivity index (χ1n) is 8.77. The SMILES string of the molecule is COc1cc2cnnc(N(C)C)c2c(N2CCC(CCP(O)O)CC2)n1. The van der Waals surface area contributed by atoms with Crippen LogP contribution in [0.15, 0.2) is 12.3 Å². The van der Waals surface area contributed by atoms with Crippen molar-refractivity contribution in [3.05, 3.63) is 12.3 Å². The molecule has 142 valence electrons. The Bertz CT molecular complexity index is 751. The van der Waals surface area contributed by atoms with E-state index >= 15 is 0 Å². The monoisotopic (exact) mass is 379 g/mol. The zero-order chi connectivity index (χ0) is 18.7. The number of nitrogens with zero attached hydrogens (tertiary/aromatic N) is 5. The Morgan fingerprint density at radius 3 is 2.65 bits per heavy atom. The molecule has 3 heterocycles. The van der Waals surface area contributed by atoms with Crippen molar-refractivity contribution in [3.8, 4) is 5.88 Å². The normalized spacial score (nSPS) is 15.7. The van der Waals surface area contributed by atoms with Crippen LogP contribution in [0.5, 0.6) is 5.88 Å². The molecule has 3 rings (SSSR count). The van der Waals surface area contributed by atoms with Crippen LogP contribution in [0.2, 0.25) is 0 Å². The van der Waals surface area contributed by atoms with Gasteiger partial charge in [0.2, 0.25) is 5.88 Å². The minimum atomic E-state index is -1.79. The summed E-state index contributed by atoms with van der Waals surface area (Å²) >= 11 is 0. The first kappa shape index (κ1) is 19.0. The van der Waals surface area contributed by atoms with Crippen LogP contribution in [0.3, 0.4) is 0 Å². The van der Waals surface area contributed by atoms with Crippen LogP contribution >= 0.6 is 8.38 Å². The number of fused-ring (bicyclic) bond motifs is 1. The van der Waals surface area contributed by atoms with Crippen molar-refractivity contribution in [3.63, 3.8) is 0 Å². The summed E-state index contributed by atoms with van der Waals surface area (Å²) in [5.74, 6) is 2.77. The third kappa shape index (κ3) is 4.14. The standard InChI is InChI=1S/C17H26N5O3P/c1-21(2)17-15-13(11-18-20-17)10-14(25-3)19-16(15)22-7-4-12(5-8-22)6-9-26(23)24/h10-12,23-24H,4-9H2,1-3H3. The molecule has 0 radical (unpaired) electrons. The van der Waals surface area contributed by atoms with Gasteiger partial charge in [-0.1, -0.05) is 0 Å². The average Bonchev–Trinajstić information content (AvgIpc) is 2.65. The number of piperidine rings is 1. The van der Waals surface area contributed by atoms with E-state index in [0.29, 0.717) is 18.0 Å². The molecule has 1 fully saturated rings. The molecule has 0 bridgehead atoms. The fourth-order valence-electron chi connectivity index (χ4n) is 3.43. The lowest BCUT2D eigenvalue weighted by atomic mass is 9.94. The van der Waals surface area contributed by atoms with Crippen molar-refractivity contribution in [2.24, 2.45) is 5.92 Å². The summed E-state index contributed by atoms with van der Waals surface area (Å²) in [7, 11) is 3.73. The highest BCUT2D eigenvalue weighted by Crippen LogP contribution is 2.36. The van der Waals surface area contributed by atoms with Crippen molar-refractivity contribution in [2.45, 2.75) is 19.3 Å². The molecule has 1 saturated heterocycles. The Morgan fingerprint density at radius 1 is 1.31 bits per heavy atom. The number of ether oxygens (including phenoxy) is 1. The number of hydrogen-bond donors (Lipinski definition) is 2. The number of pyridine rings is 1. The molecule has 0 aliphatic carbocycles. The molecule has 0 atom stereocenters. The van der Waals surface area contributed by atoms with Crippen molar-refractivity contribution in [1.82, 2.24) is 15.2 Å². The van der Waals surface area contributed by atoms with Gasteiger partial charge in [0, 0.05) is 44.8 Å². The smallest absolute Gasteiger partial charge is 0.215 e. The van der Waals surface area contributed by atoms with Crippen molar-refractivity contribution in [2.75, 3.05) is 50.3 Å². The maximum absolute atomic E-state index is 9.14. The molecule has 0 spiro atoms. The van der Waals surface area contributed by atoms with Crippen molar-refractivity contribution >= 4 is 30.8 Å². The number of methoxy groups -OCH3 is 1. The molecule has 2 N–H and O–H groups in total. The minimum absolute atomic E-state index is 0.501. The third-order valence-corrected chi connectivity index (χ3v) is 5.52. The van der Waals surface area contributed by atoms with Gasteiger partial charge in [0.1, 0.15) is 5.82 Å². The molecule has 0 saturated carbocycles. The van der Waals surface area contributed by atoms with E-state index in [-0.39, 0.29) is 0 Å². The zero-order valence-corrected chi connectivity index (χ0v) is 16.4. The molecule has 9 heteroatoms. The van der Waals surface area contributed by atoms with E-state index in [9.17, 15) is 0 Å². The second-order valence-corrected chi connectivity index (χ2v) is 8.02. The van der Waals surface area contributed by atoms with Crippen LogP contribution in [0, 0.1) is 5.92 Å². The van der Waals surface area contributed by atoms with Crippen LogP contribution in [-0.2, 0) is 0 Å². The molecular weight excluding hydrogens is 353 g/mol. The highest BCUT2D eigenvalue weighted by Gasteiger charge is 2.24. The molecular formula is C17H26N5O3P. The van der Waals surface area contributed by atoms with E-state index in [1.807, 2.05) is 25.1 Å². The second-order valence-electron chi connectivity index (χ2n) is 6.83. The first-order valence-corrected chi connectivity index (χ1v) is 10.2. The quantitative estimate of drug-likeness (QED) is 0.736. The summed E-state index contributed by atoms with van der Waals surface area (Å²) in [5.41, 5.74) is 0. The summed E-state index contributed by atoms with van der Waals surface area (Å²) in [6.07, 6.45) is 5.14. The summed E-state index contributed by atoms with van der Waals surface area (Å²) < 4.78 is 5.39. The molecule has 2 aromatic rings. The minimum Gasteiger partial charge on any atom is -0.481 e. The molecule has 0 amide bonds. The lowest BCUT2D eigenvalue weighted by molar-refractivity contribution is 0.381. The fraction of sp³-hybridized carbons (Fsp3) is 0.588. The van der Waals surface area contributed by atoms with Crippen LogP contribution in [0.1, 0.15) is 19.3 Å². The topological polar surface area (TPSA) is 94.8 Å². The summed E-state index contributed by atoms with van der Waals surface area (Å²) in [4.78, 5) is 27.2. The number of anilines is 2. The van der Waals surface area contributed by atoms with Gasteiger partial charge in [0.05, 0.1) is 18.7 Å². The molecule has 2 aromatic heterocycles. The van der Waals surface area contributed by atoms with Gasteiger partial charge < -0.3 is 24.3 Å². The Balaban J connectivity index is 1.89. The van der Waals surface area contributed by atoms with Gasteiger partial charge in [-0.05, 0) is 25.2 Å². The zero-order valence-electron chi connectivity index (χ0n) is 15.5. The van der Waals surface area contributed by atoms with Crippen molar-refractivity contribution < 1.29 is 14.5 Å². The van der Waals surface area contributed by atoms with E-state index in [1.165, 1.54) is 0 Å². The average molecular weight is 379 g/mol. The van der Waals surface area contributed by atoms with E-state index < -0.39 is 8.38 Å². The van der Waals surface area contributed by atoms with Crippen LogP contribution in [-0.4, -0.2) is 65.4 Å².